The number of aryl methyl sites for hydroxylation is 1. The van der Waals surface area contributed by atoms with Crippen molar-refractivity contribution in [1.29, 1.82) is 0 Å². The van der Waals surface area contributed by atoms with Crippen LogP contribution in [-0.2, 0) is 4.79 Å². The van der Waals surface area contributed by atoms with Crippen molar-refractivity contribution in [2.45, 2.75) is 26.8 Å². The molecule has 0 spiro atoms. The zero-order valence-electron chi connectivity index (χ0n) is 11.2. The lowest BCUT2D eigenvalue weighted by molar-refractivity contribution is -0.121. The van der Waals surface area contributed by atoms with Gasteiger partial charge < -0.3 is 5.32 Å². The molecule has 3 amide bonds. The number of nitrogens with zero attached hydrogens (tertiary/aromatic N) is 1. The molecule has 19 heavy (non-hydrogen) atoms. The molecule has 100 valence electrons. The van der Waals surface area contributed by atoms with Gasteiger partial charge in [-0.05, 0) is 32.9 Å². The minimum atomic E-state index is -0.404. The van der Waals surface area contributed by atoms with E-state index in [4.69, 9.17) is 0 Å². The predicted octanol–water partition coefficient (Wildman–Crippen LogP) is 1.12. The highest BCUT2D eigenvalue weighted by Gasteiger charge is 2.36. The summed E-state index contributed by atoms with van der Waals surface area (Å²) >= 11 is 0. The Hall–Kier alpha value is -2.17. The SMILES string of the molecule is Cc1ccc2c(c1)C(=O)N(CC(=O)NC(C)C)C2=O. The van der Waals surface area contributed by atoms with Gasteiger partial charge in [-0.3, -0.25) is 19.3 Å². The number of hydrogen-bond donors (Lipinski definition) is 1. The number of imide groups is 1. The Morgan fingerprint density at radius 3 is 2.47 bits per heavy atom. The van der Waals surface area contributed by atoms with Crippen LogP contribution in [0, 0.1) is 6.92 Å². The Bertz CT molecular complexity index is 564. The van der Waals surface area contributed by atoms with Crippen LogP contribution in [0.1, 0.15) is 40.1 Å². The topological polar surface area (TPSA) is 66.5 Å². The average molecular weight is 260 g/mol. The maximum Gasteiger partial charge on any atom is 0.262 e. The van der Waals surface area contributed by atoms with E-state index in [0.717, 1.165) is 10.5 Å². The normalized spacial score (nSPS) is 14.0. The van der Waals surface area contributed by atoms with E-state index in [0.29, 0.717) is 11.1 Å². The lowest BCUT2D eigenvalue weighted by Crippen LogP contribution is -2.42. The minimum absolute atomic E-state index is 0.0232. The molecule has 1 heterocycles. The monoisotopic (exact) mass is 260 g/mol. The van der Waals surface area contributed by atoms with Gasteiger partial charge in [0.05, 0.1) is 11.1 Å². The van der Waals surface area contributed by atoms with Crippen LogP contribution in [0.15, 0.2) is 18.2 Å². The van der Waals surface area contributed by atoms with Crippen molar-refractivity contribution in [1.82, 2.24) is 10.2 Å². The van der Waals surface area contributed by atoms with E-state index in [1.54, 1.807) is 18.2 Å². The standard InChI is InChI=1S/C14H16N2O3/c1-8(2)15-12(17)7-16-13(18)10-5-4-9(3)6-11(10)14(16)19/h4-6,8H,7H2,1-3H3,(H,15,17). The summed E-state index contributed by atoms with van der Waals surface area (Å²) in [6.45, 7) is 5.27. The lowest BCUT2D eigenvalue weighted by atomic mass is 10.1. The zero-order valence-corrected chi connectivity index (χ0v) is 11.2. The van der Waals surface area contributed by atoms with E-state index in [2.05, 4.69) is 5.32 Å². The summed E-state index contributed by atoms with van der Waals surface area (Å²) in [4.78, 5) is 36.8. The molecule has 0 bridgehead atoms. The summed E-state index contributed by atoms with van der Waals surface area (Å²) < 4.78 is 0. The minimum Gasteiger partial charge on any atom is -0.352 e. The molecule has 5 nitrogen and oxygen atoms in total. The number of fused-ring (bicyclic) bond motifs is 1. The molecule has 2 rings (SSSR count). The highest BCUT2D eigenvalue weighted by Crippen LogP contribution is 2.23. The third kappa shape index (κ3) is 2.50. The second kappa shape index (κ2) is 4.84. The highest BCUT2D eigenvalue weighted by molar-refractivity contribution is 6.22. The Kier molecular flexibility index (Phi) is 3.38. The highest BCUT2D eigenvalue weighted by atomic mass is 16.2. The number of hydrogen-bond acceptors (Lipinski definition) is 3. The number of carbonyl (C=O) groups is 3. The summed E-state index contributed by atoms with van der Waals surface area (Å²) in [6, 6.07) is 5.06. The van der Waals surface area contributed by atoms with Gasteiger partial charge in [0.15, 0.2) is 0 Å². The smallest absolute Gasteiger partial charge is 0.262 e. The van der Waals surface area contributed by atoms with Crippen molar-refractivity contribution < 1.29 is 14.4 Å². The van der Waals surface area contributed by atoms with E-state index >= 15 is 0 Å². The van der Waals surface area contributed by atoms with Crippen LogP contribution in [0.5, 0.6) is 0 Å². The van der Waals surface area contributed by atoms with Crippen LogP contribution in [0.4, 0.5) is 0 Å². The molecule has 1 aromatic carbocycles. The Labute approximate surface area is 111 Å². The van der Waals surface area contributed by atoms with Crippen molar-refractivity contribution in [2.75, 3.05) is 6.54 Å². The van der Waals surface area contributed by atoms with Crippen LogP contribution < -0.4 is 5.32 Å². The molecule has 0 fully saturated rings. The molecular formula is C14H16N2O3. The predicted molar refractivity (Wildman–Crippen MR) is 69.8 cm³/mol. The quantitative estimate of drug-likeness (QED) is 0.828. The average Bonchev–Trinajstić information content (AvgIpc) is 2.53. The molecule has 0 saturated heterocycles. The first-order valence-electron chi connectivity index (χ1n) is 6.16. The fraction of sp³-hybridized carbons (Fsp3) is 0.357. The van der Waals surface area contributed by atoms with Crippen molar-refractivity contribution in [3.63, 3.8) is 0 Å². The second-order valence-electron chi connectivity index (χ2n) is 4.97. The van der Waals surface area contributed by atoms with Gasteiger partial charge in [-0.2, -0.15) is 0 Å². The van der Waals surface area contributed by atoms with Crippen LogP contribution >= 0.6 is 0 Å². The van der Waals surface area contributed by atoms with Gasteiger partial charge in [0.2, 0.25) is 5.91 Å². The number of carbonyl (C=O) groups excluding carboxylic acids is 3. The fourth-order valence-electron chi connectivity index (χ4n) is 2.06. The van der Waals surface area contributed by atoms with Crippen LogP contribution in [0.2, 0.25) is 0 Å². The number of benzene rings is 1. The zero-order chi connectivity index (χ0) is 14.2. The first kappa shape index (κ1) is 13.3. The van der Waals surface area contributed by atoms with Gasteiger partial charge in [-0.15, -0.1) is 0 Å². The molecule has 0 aliphatic carbocycles. The van der Waals surface area contributed by atoms with Crippen LogP contribution in [0.25, 0.3) is 0 Å². The van der Waals surface area contributed by atoms with Crippen molar-refractivity contribution in [3.05, 3.63) is 34.9 Å². The molecule has 0 aromatic heterocycles. The van der Waals surface area contributed by atoms with Gasteiger partial charge in [-0.25, -0.2) is 0 Å². The first-order valence-corrected chi connectivity index (χ1v) is 6.16. The van der Waals surface area contributed by atoms with Crippen molar-refractivity contribution in [3.8, 4) is 0 Å². The van der Waals surface area contributed by atoms with E-state index in [1.807, 2.05) is 20.8 Å². The summed E-state index contributed by atoms with van der Waals surface area (Å²) in [7, 11) is 0. The molecule has 0 saturated carbocycles. The number of nitrogens with one attached hydrogen (secondary N) is 1. The van der Waals surface area contributed by atoms with Crippen molar-refractivity contribution >= 4 is 17.7 Å². The Morgan fingerprint density at radius 2 is 1.84 bits per heavy atom. The van der Waals surface area contributed by atoms with Crippen molar-refractivity contribution in [2.24, 2.45) is 0 Å². The maximum atomic E-state index is 12.1. The molecule has 5 heteroatoms. The molecular weight excluding hydrogens is 244 g/mol. The second-order valence-corrected chi connectivity index (χ2v) is 4.97. The summed E-state index contributed by atoms with van der Waals surface area (Å²) in [5, 5.41) is 2.66. The van der Waals surface area contributed by atoms with E-state index in [1.165, 1.54) is 0 Å². The molecule has 1 aliphatic heterocycles. The van der Waals surface area contributed by atoms with Crippen LogP contribution in [-0.4, -0.2) is 35.2 Å². The van der Waals surface area contributed by atoms with Crippen LogP contribution in [0.3, 0.4) is 0 Å². The van der Waals surface area contributed by atoms with E-state index in [-0.39, 0.29) is 18.5 Å². The van der Waals surface area contributed by atoms with Gasteiger partial charge in [0.25, 0.3) is 11.8 Å². The van der Waals surface area contributed by atoms with Gasteiger partial charge >= 0.3 is 0 Å². The first-order chi connectivity index (χ1) is 8.90. The summed E-state index contributed by atoms with van der Waals surface area (Å²) in [5.74, 6) is -1.14. The van der Waals surface area contributed by atoms with Gasteiger partial charge in [0, 0.05) is 6.04 Å². The molecule has 0 radical (unpaired) electrons. The van der Waals surface area contributed by atoms with E-state index < -0.39 is 11.8 Å². The largest absolute Gasteiger partial charge is 0.352 e. The third-order valence-corrected chi connectivity index (χ3v) is 2.88. The molecule has 1 aromatic rings. The van der Waals surface area contributed by atoms with Gasteiger partial charge in [0.1, 0.15) is 6.54 Å². The summed E-state index contributed by atoms with van der Waals surface area (Å²) in [6.07, 6.45) is 0. The van der Waals surface area contributed by atoms with E-state index in [9.17, 15) is 14.4 Å². The molecule has 1 aliphatic rings. The molecule has 0 unspecified atom stereocenters. The Balaban J connectivity index is 2.21. The molecule has 1 N–H and O–H groups in total. The summed E-state index contributed by atoms with van der Waals surface area (Å²) in [5.41, 5.74) is 1.66. The number of rotatable bonds is 3. The third-order valence-electron chi connectivity index (χ3n) is 2.88. The number of amides is 3. The fourth-order valence-corrected chi connectivity index (χ4v) is 2.06. The van der Waals surface area contributed by atoms with Gasteiger partial charge in [-0.1, -0.05) is 11.6 Å². The Morgan fingerprint density at radius 1 is 1.21 bits per heavy atom. The molecule has 0 atom stereocenters. The maximum absolute atomic E-state index is 12.1. The lowest BCUT2D eigenvalue weighted by Gasteiger charge is -2.14.